The van der Waals surface area contributed by atoms with E-state index in [1.165, 1.54) is 0 Å². The Morgan fingerprint density at radius 2 is 1.80 bits per heavy atom. The molecule has 0 aliphatic rings. The van der Waals surface area contributed by atoms with Crippen LogP contribution in [0.1, 0.15) is 22.8 Å². The van der Waals surface area contributed by atoms with Gasteiger partial charge in [-0.05, 0) is 29.8 Å². The molecule has 0 aliphatic carbocycles. The second-order valence-corrected chi connectivity index (χ2v) is 5.11. The van der Waals surface area contributed by atoms with Gasteiger partial charge in [0.25, 0.3) is 0 Å². The first-order valence-corrected chi connectivity index (χ1v) is 6.89. The van der Waals surface area contributed by atoms with Gasteiger partial charge in [0.1, 0.15) is 0 Å². The predicted molar refractivity (Wildman–Crippen MR) is 83.8 cm³/mol. The Balaban J connectivity index is 1.94. The van der Waals surface area contributed by atoms with E-state index in [-0.39, 0.29) is 11.7 Å². The fourth-order valence-corrected chi connectivity index (χ4v) is 1.96. The lowest BCUT2D eigenvalue weighted by Gasteiger charge is -2.07. The third-order valence-electron chi connectivity index (χ3n) is 3.00. The number of nitrogens with zero attached hydrogens (tertiary/aromatic N) is 1. The van der Waals surface area contributed by atoms with Gasteiger partial charge in [0.2, 0.25) is 0 Å². The van der Waals surface area contributed by atoms with Crippen molar-refractivity contribution >= 4 is 23.6 Å². The summed E-state index contributed by atoms with van der Waals surface area (Å²) in [6, 6.07) is 16.8. The van der Waals surface area contributed by atoms with Gasteiger partial charge in [0, 0.05) is 29.3 Å². The summed E-state index contributed by atoms with van der Waals surface area (Å²) in [5.41, 5.74) is 1.72. The molecule has 0 amide bonds. The van der Waals surface area contributed by atoms with Crippen LogP contribution in [0.4, 0.5) is 0 Å². The van der Waals surface area contributed by atoms with Gasteiger partial charge in [-0.3, -0.25) is 9.79 Å². The lowest BCUT2D eigenvalue weighted by Crippen LogP contribution is -2.14. The molecule has 0 spiro atoms. The Kier molecular flexibility index (Phi) is 5.08. The van der Waals surface area contributed by atoms with E-state index >= 15 is 0 Å². The number of halogens is 1. The Hall–Kier alpha value is -1.93. The van der Waals surface area contributed by atoms with Crippen LogP contribution in [0.2, 0.25) is 5.02 Å². The van der Waals surface area contributed by atoms with E-state index in [1.54, 1.807) is 30.5 Å². The Bertz CT molecular complexity index is 590. The van der Waals surface area contributed by atoms with Crippen LogP contribution in [-0.2, 0) is 0 Å². The molecule has 0 aliphatic heterocycles. The topological polar surface area (TPSA) is 29.4 Å². The maximum atomic E-state index is 12.2. The molecule has 2 rings (SSSR count). The van der Waals surface area contributed by atoms with Crippen LogP contribution in [0.5, 0.6) is 0 Å². The molecule has 0 bridgehead atoms. The minimum Gasteiger partial charge on any atom is -0.294 e. The van der Waals surface area contributed by atoms with Crippen molar-refractivity contribution in [2.75, 3.05) is 6.54 Å². The van der Waals surface area contributed by atoms with Gasteiger partial charge in [-0.2, -0.15) is 0 Å². The van der Waals surface area contributed by atoms with Gasteiger partial charge in [-0.1, -0.05) is 48.9 Å². The molecular weight excluding hydrogens is 270 g/mol. The second kappa shape index (κ2) is 7.01. The molecule has 1 atom stereocenters. The number of aliphatic imine (C=N–C) groups is 1. The van der Waals surface area contributed by atoms with Crippen molar-refractivity contribution in [3.63, 3.8) is 0 Å². The number of Topliss-reactive ketones (excluding diaryl/α,β-unsaturated/α-hetero) is 1. The number of rotatable bonds is 5. The van der Waals surface area contributed by atoms with Crippen molar-refractivity contribution in [1.29, 1.82) is 0 Å². The number of hydrogen-bond donors (Lipinski definition) is 0. The molecule has 0 fully saturated rings. The molecule has 102 valence electrons. The molecule has 0 N–H and O–H groups in total. The molecule has 0 aromatic heterocycles. The van der Waals surface area contributed by atoms with Crippen LogP contribution in [0, 0.1) is 5.92 Å². The van der Waals surface area contributed by atoms with Gasteiger partial charge in [-0.25, -0.2) is 0 Å². The summed E-state index contributed by atoms with van der Waals surface area (Å²) in [6.07, 6.45) is 1.80. The van der Waals surface area contributed by atoms with Gasteiger partial charge in [-0.15, -0.1) is 0 Å². The zero-order valence-corrected chi connectivity index (χ0v) is 12.0. The summed E-state index contributed by atoms with van der Waals surface area (Å²) >= 11 is 5.81. The molecule has 0 saturated heterocycles. The maximum absolute atomic E-state index is 12.2. The summed E-state index contributed by atoms with van der Waals surface area (Å²) in [7, 11) is 0. The van der Waals surface area contributed by atoms with Crippen molar-refractivity contribution in [2.45, 2.75) is 6.92 Å². The number of ketones is 1. The monoisotopic (exact) mass is 285 g/mol. The first-order chi connectivity index (χ1) is 9.66. The van der Waals surface area contributed by atoms with Crippen molar-refractivity contribution in [3.05, 3.63) is 70.7 Å². The predicted octanol–water partition coefficient (Wildman–Crippen LogP) is 4.28. The third kappa shape index (κ3) is 4.04. The van der Waals surface area contributed by atoms with E-state index in [2.05, 4.69) is 4.99 Å². The average molecular weight is 286 g/mol. The molecule has 20 heavy (non-hydrogen) atoms. The molecule has 0 saturated carbocycles. The molecule has 0 radical (unpaired) electrons. The molecule has 1 unspecified atom stereocenters. The molecule has 2 aromatic rings. The summed E-state index contributed by atoms with van der Waals surface area (Å²) in [5.74, 6) is -0.0528. The van der Waals surface area contributed by atoms with E-state index in [0.29, 0.717) is 17.1 Å². The van der Waals surface area contributed by atoms with Crippen LogP contribution >= 0.6 is 11.6 Å². The highest BCUT2D eigenvalue weighted by Crippen LogP contribution is 2.13. The SMILES string of the molecule is CC(CN=Cc1ccccc1)C(=O)c1ccc(Cl)cc1. The highest BCUT2D eigenvalue weighted by atomic mass is 35.5. The van der Waals surface area contributed by atoms with Crippen molar-refractivity contribution in [2.24, 2.45) is 10.9 Å². The normalized spacial score (nSPS) is 12.5. The second-order valence-electron chi connectivity index (χ2n) is 4.68. The zero-order chi connectivity index (χ0) is 14.4. The number of benzene rings is 2. The fraction of sp³-hybridized carbons (Fsp3) is 0.176. The minimum atomic E-state index is -0.142. The standard InChI is InChI=1S/C17H16ClNO/c1-13(11-19-12-14-5-3-2-4-6-14)17(20)15-7-9-16(18)10-8-15/h2-10,12-13H,11H2,1H3. The van der Waals surface area contributed by atoms with Gasteiger partial charge in [0.15, 0.2) is 5.78 Å². The molecule has 3 heteroatoms. The van der Waals surface area contributed by atoms with E-state index < -0.39 is 0 Å². The smallest absolute Gasteiger partial charge is 0.167 e. The van der Waals surface area contributed by atoms with Crippen molar-refractivity contribution < 1.29 is 4.79 Å². The summed E-state index contributed by atoms with van der Waals surface area (Å²) in [6.45, 7) is 2.37. The maximum Gasteiger partial charge on any atom is 0.167 e. The molecule has 0 heterocycles. The quantitative estimate of drug-likeness (QED) is 0.595. The van der Waals surface area contributed by atoms with E-state index in [0.717, 1.165) is 5.56 Å². The van der Waals surface area contributed by atoms with Crippen molar-refractivity contribution in [1.82, 2.24) is 0 Å². The van der Waals surface area contributed by atoms with Gasteiger partial charge in [0.05, 0.1) is 0 Å². The lowest BCUT2D eigenvalue weighted by molar-refractivity contribution is 0.0934. The summed E-state index contributed by atoms with van der Waals surface area (Å²) in [4.78, 5) is 16.5. The van der Waals surface area contributed by atoms with Gasteiger partial charge < -0.3 is 0 Å². The number of hydrogen-bond acceptors (Lipinski definition) is 2. The molecular formula is C17H16ClNO. The summed E-state index contributed by atoms with van der Waals surface area (Å²) in [5, 5.41) is 0.635. The van der Waals surface area contributed by atoms with Crippen LogP contribution in [0.25, 0.3) is 0 Å². The number of carbonyl (C=O) groups is 1. The van der Waals surface area contributed by atoms with Crippen LogP contribution in [0.15, 0.2) is 59.6 Å². The largest absolute Gasteiger partial charge is 0.294 e. The highest BCUT2D eigenvalue weighted by Gasteiger charge is 2.14. The first-order valence-electron chi connectivity index (χ1n) is 6.51. The van der Waals surface area contributed by atoms with Gasteiger partial charge >= 0.3 is 0 Å². The lowest BCUT2D eigenvalue weighted by atomic mass is 10.00. The zero-order valence-electron chi connectivity index (χ0n) is 11.3. The fourth-order valence-electron chi connectivity index (χ4n) is 1.84. The Labute approximate surface area is 124 Å². The Morgan fingerprint density at radius 1 is 1.15 bits per heavy atom. The minimum absolute atomic E-state index is 0.0897. The average Bonchev–Trinajstić information content (AvgIpc) is 2.48. The third-order valence-corrected chi connectivity index (χ3v) is 3.25. The first kappa shape index (κ1) is 14.5. The van der Waals surface area contributed by atoms with E-state index in [9.17, 15) is 4.79 Å². The Morgan fingerprint density at radius 3 is 2.45 bits per heavy atom. The van der Waals surface area contributed by atoms with Crippen LogP contribution in [0.3, 0.4) is 0 Å². The van der Waals surface area contributed by atoms with E-state index in [1.807, 2.05) is 37.3 Å². The van der Waals surface area contributed by atoms with Crippen LogP contribution in [-0.4, -0.2) is 18.5 Å². The highest BCUT2D eigenvalue weighted by molar-refractivity contribution is 6.30. The van der Waals surface area contributed by atoms with Crippen LogP contribution < -0.4 is 0 Å². The molecule has 2 aromatic carbocycles. The van der Waals surface area contributed by atoms with E-state index in [4.69, 9.17) is 11.6 Å². The molecule has 2 nitrogen and oxygen atoms in total. The van der Waals surface area contributed by atoms with Crippen molar-refractivity contribution in [3.8, 4) is 0 Å². The summed E-state index contributed by atoms with van der Waals surface area (Å²) < 4.78 is 0. The number of carbonyl (C=O) groups excluding carboxylic acids is 1.